The smallest absolute Gasteiger partial charge is 0.303 e. The van der Waals surface area contributed by atoms with Crippen LogP contribution in [-0.2, 0) is 17.6 Å². The molecule has 5 heteroatoms. The number of benzene rings is 1. The second kappa shape index (κ2) is 8.52. The quantitative estimate of drug-likeness (QED) is 0.634. The van der Waals surface area contributed by atoms with Gasteiger partial charge in [-0.3, -0.25) is 9.78 Å². The number of pyridine rings is 1. The molecule has 0 spiro atoms. The van der Waals surface area contributed by atoms with E-state index >= 15 is 0 Å². The van der Waals surface area contributed by atoms with Crippen LogP contribution in [0.3, 0.4) is 0 Å². The molecule has 3 rings (SSSR count). The molecule has 0 aliphatic heterocycles. The first-order chi connectivity index (χ1) is 12.1. The van der Waals surface area contributed by atoms with Crippen LogP contribution in [0, 0.1) is 0 Å². The number of carboxylic acid groups (broad SMARTS) is 1. The van der Waals surface area contributed by atoms with Gasteiger partial charge in [0, 0.05) is 34.8 Å². The van der Waals surface area contributed by atoms with Gasteiger partial charge in [-0.25, -0.2) is 0 Å². The van der Waals surface area contributed by atoms with E-state index < -0.39 is 5.97 Å². The summed E-state index contributed by atoms with van der Waals surface area (Å²) in [4.78, 5) is 15.4. The second-order valence-electron chi connectivity index (χ2n) is 6.77. The van der Waals surface area contributed by atoms with Crippen molar-refractivity contribution in [2.75, 3.05) is 11.9 Å². The number of nitrogens with one attached hydrogen (secondary N) is 1. The molecule has 1 aliphatic carbocycles. The van der Waals surface area contributed by atoms with Crippen molar-refractivity contribution in [3.8, 4) is 0 Å². The van der Waals surface area contributed by atoms with Crippen LogP contribution < -0.4 is 5.32 Å². The third kappa shape index (κ3) is 4.63. The molecular weight excluding hydrogens is 336 g/mol. The highest BCUT2D eigenvalue weighted by atomic mass is 35.5. The van der Waals surface area contributed by atoms with Gasteiger partial charge in [-0.05, 0) is 62.3 Å². The highest BCUT2D eigenvalue weighted by Crippen LogP contribution is 2.34. The number of hydrogen-bond acceptors (Lipinski definition) is 3. The topological polar surface area (TPSA) is 62.2 Å². The summed E-state index contributed by atoms with van der Waals surface area (Å²) in [5.74, 6) is -0.702. The summed E-state index contributed by atoms with van der Waals surface area (Å²) < 4.78 is 0. The van der Waals surface area contributed by atoms with E-state index in [1.54, 1.807) is 0 Å². The third-order valence-electron chi connectivity index (χ3n) is 4.84. The van der Waals surface area contributed by atoms with Gasteiger partial charge in [0.05, 0.1) is 5.52 Å². The molecule has 25 heavy (non-hydrogen) atoms. The van der Waals surface area contributed by atoms with E-state index in [1.165, 1.54) is 29.8 Å². The molecule has 0 unspecified atom stereocenters. The van der Waals surface area contributed by atoms with Gasteiger partial charge in [0.25, 0.3) is 0 Å². The highest BCUT2D eigenvalue weighted by molar-refractivity contribution is 6.31. The lowest BCUT2D eigenvalue weighted by molar-refractivity contribution is -0.137. The van der Waals surface area contributed by atoms with Gasteiger partial charge in [0.15, 0.2) is 0 Å². The Bertz CT molecular complexity index is 761. The molecular formula is C20H25ClN2O2. The Kier molecular flexibility index (Phi) is 6.14. The number of aromatic nitrogens is 1. The van der Waals surface area contributed by atoms with Gasteiger partial charge in [-0.1, -0.05) is 24.4 Å². The molecule has 1 aliphatic rings. The van der Waals surface area contributed by atoms with Gasteiger partial charge in [-0.2, -0.15) is 0 Å². The summed E-state index contributed by atoms with van der Waals surface area (Å²) >= 11 is 6.15. The Hall–Kier alpha value is -1.81. The van der Waals surface area contributed by atoms with E-state index in [0.717, 1.165) is 61.0 Å². The van der Waals surface area contributed by atoms with E-state index in [4.69, 9.17) is 21.7 Å². The minimum absolute atomic E-state index is 0.274. The zero-order valence-electron chi connectivity index (χ0n) is 14.5. The second-order valence-corrected chi connectivity index (χ2v) is 7.20. The Morgan fingerprint density at radius 1 is 1.16 bits per heavy atom. The number of hydrogen-bond donors (Lipinski definition) is 2. The zero-order chi connectivity index (χ0) is 17.6. The first-order valence-electron chi connectivity index (χ1n) is 9.22. The molecule has 134 valence electrons. The minimum Gasteiger partial charge on any atom is -0.481 e. The lowest BCUT2D eigenvalue weighted by atomic mass is 9.92. The number of anilines is 1. The van der Waals surface area contributed by atoms with Crippen molar-refractivity contribution in [2.45, 2.75) is 57.8 Å². The van der Waals surface area contributed by atoms with Crippen molar-refractivity contribution in [2.24, 2.45) is 0 Å². The lowest BCUT2D eigenvalue weighted by Crippen LogP contribution is -2.12. The lowest BCUT2D eigenvalue weighted by Gasteiger charge is -2.22. The summed E-state index contributed by atoms with van der Waals surface area (Å²) in [5, 5.41) is 14.2. The molecule has 0 amide bonds. The fraction of sp³-hybridized carbons (Fsp3) is 0.500. The van der Waals surface area contributed by atoms with Gasteiger partial charge in [0.2, 0.25) is 0 Å². The highest BCUT2D eigenvalue weighted by Gasteiger charge is 2.18. The minimum atomic E-state index is -0.702. The van der Waals surface area contributed by atoms with E-state index in [2.05, 4.69) is 11.4 Å². The number of carbonyl (C=O) groups is 1. The number of carboxylic acids is 1. The Balaban J connectivity index is 1.68. The third-order valence-corrected chi connectivity index (χ3v) is 5.08. The van der Waals surface area contributed by atoms with E-state index in [9.17, 15) is 4.79 Å². The molecule has 0 atom stereocenters. The maximum Gasteiger partial charge on any atom is 0.303 e. The van der Waals surface area contributed by atoms with Crippen LogP contribution in [0.1, 0.15) is 56.2 Å². The maximum absolute atomic E-state index is 10.5. The van der Waals surface area contributed by atoms with Crippen LogP contribution in [0.2, 0.25) is 5.02 Å². The molecule has 1 aromatic carbocycles. The van der Waals surface area contributed by atoms with Crippen LogP contribution in [0.25, 0.3) is 10.9 Å². The first kappa shape index (κ1) is 18.0. The fourth-order valence-corrected chi connectivity index (χ4v) is 3.74. The van der Waals surface area contributed by atoms with Crippen molar-refractivity contribution in [3.63, 3.8) is 0 Å². The zero-order valence-corrected chi connectivity index (χ0v) is 15.2. The largest absolute Gasteiger partial charge is 0.481 e. The van der Waals surface area contributed by atoms with Gasteiger partial charge >= 0.3 is 5.97 Å². The number of fused-ring (bicyclic) bond motifs is 2. The van der Waals surface area contributed by atoms with E-state index in [-0.39, 0.29) is 6.42 Å². The number of rotatable bonds is 8. The van der Waals surface area contributed by atoms with Crippen molar-refractivity contribution in [1.82, 2.24) is 4.98 Å². The predicted octanol–water partition coefficient (Wildman–Crippen LogP) is 5.21. The normalized spacial score (nSPS) is 13.6. The average molecular weight is 361 g/mol. The molecule has 2 aromatic rings. The average Bonchev–Trinajstić information content (AvgIpc) is 2.59. The van der Waals surface area contributed by atoms with Crippen LogP contribution in [0.15, 0.2) is 18.2 Å². The standard InChI is InChI=1S/C20H25ClN2O2/c21-14-10-11-16-18(13-14)23-17-8-5-4-7-15(17)20(16)22-12-6-2-1-3-9-19(24)25/h10-11,13H,1-9,12H2,(H,22,23)(H,24,25). The Morgan fingerprint density at radius 2 is 1.96 bits per heavy atom. The monoisotopic (exact) mass is 360 g/mol. The fourth-order valence-electron chi connectivity index (χ4n) is 3.57. The Morgan fingerprint density at radius 3 is 2.80 bits per heavy atom. The van der Waals surface area contributed by atoms with Crippen molar-refractivity contribution >= 4 is 34.2 Å². The SMILES string of the molecule is O=C(O)CCCCCCNc1c2c(nc3cc(Cl)ccc13)CCCC2. The molecule has 4 nitrogen and oxygen atoms in total. The van der Waals surface area contributed by atoms with Gasteiger partial charge in [-0.15, -0.1) is 0 Å². The molecule has 0 saturated carbocycles. The molecule has 0 fully saturated rings. The summed E-state index contributed by atoms with van der Waals surface area (Å²) in [6.45, 7) is 0.904. The van der Waals surface area contributed by atoms with Gasteiger partial charge < -0.3 is 10.4 Å². The summed E-state index contributed by atoms with van der Waals surface area (Å²) in [5.41, 5.74) is 4.77. The van der Waals surface area contributed by atoms with Crippen molar-refractivity contribution in [1.29, 1.82) is 0 Å². The van der Waals surface area contributed by atoms with Crippen LogP contribution in [0.5, 0.6) is 0 Å². The Labute approximate surface area is 153 Å². The molecule has 0 bridgehead atoms. The van der Waals surface area contributed by atoms with Crippen LogP contribution in [0.4, 0.5) is 5.69 Å². The van der Waals surface area contributed by atoms with Crippen molar-refractivity contribution < 1.29 is 9.90 Å². The number of aliphatic carboxylic acids is 1. The van der Waals surface area contributed by atoms with Gasteiger partial charge in [0.1, 0.15) is 0 Å². The summed E-state index contributed by atoms with van der Waals surface area (Å²) in [7, 11) is 0. The predicted molar refractivity (Wildman–Crippen MR) is 103 cm³/mol. The molecule has 0 radical (unpaired) electrons. The summed E-state index contributed by atoms with van der Waals surface area (Å²) in [6, 6.07) is 5.94. The molecule has 0 saturated heterocycles. The number of halogens is 1. The maximum atomic E-state index is 10.5. The van der Waals surface area contributed by atoms with Crippen LogP contribution in [-0.4, -0.2) is 22.6 Å². The molecule has 1 heterocycles. The number of unbranched alkanes of at least 4 members (excludes halogenated alkanes) is 3. The molecule has 2 N–H and O–H groups in total. The van der Waals surface area contributed by atoms with E-state index in [1.807, 2.05) is 12.1 Å². The van der Waals surface area contributed by atoms with Crippen LogP contribution >= 0.6 is 11.6 Å². The van der Waals surface area contributed by atoms with Crippen molar-refractivity contribution in [3.05, 3.63) is 34.5 Å². The number of nitrogens with zero attached hydrogens (tertiary/aromatic N) is 1. The first-order valence-corrected chi connectivity index (χ1v) is 9.59. The number of aryl methyl sites for hydroxylation is 1. The molecule has 1 aromatic heterocycles. The summed E-state index contributed by atoms with van der Waals surface area (Å²) in [6.07, 6.45) is 8.66. The van der Waals surface area contributed by atoms with E-state index in [0.29, 0.717) is 0 Å².